The summed E-state index contributed by atoms with van der Waals surface area (Å²) in [5, 5.41) is 5.86. The van der Waals surface area contributed by atoms with Crippen LogP contribution >= 0.6 is 12.4 Å². The van der Waals surface area contributed by atoms with Crippen molar-refractivity contribution in [2.75, 3.05) is 26.7 Å². The second-order valence-corrected chi connectivity index (χ2v) is 5.03. The van der Waals surface area contributed by atoms with E-state index in [1.807, 2.05) is 14.0 Å². The minimum Gasteiger partial charge on any atom is -0.493 e. The van der Waals surface area contributed by atoms with Crippen LogP contribution in [0, 0.1) is 13.8 Å². The average molecular weight is 315 g/mol. The number of nitrogens with one attached hydrogen (secondary N) is 2. The van der Waals surface area contributed by atoms with Crippen molar-refractivity contribution >= 4 is 18.3 Å². The lowest BCUT2D eigenvalue weighted by Gasteiger charge is -2.10. The van der Waals surface area contributed by atoms with Gasteiger partial charge in [-0.25, -0.2) is 0 Å². The molecule has 0 heterocycles. The molecule has 1 aromatic rings. The van der Waals surface area contributed by atoms with Gasteiger partial charge in [-0.05, 0) is 50.9 Å². The lowest BCUT2D eigenvalue weighted by molar-refractivity contribution is -0.121. The second-order valence-electron chi connectivity index (χ2n) is 5.03. The lowest BCUT2D eigenvalue weighted by atomic mass is 10.1. The largest absolute Gasteiger partial charge is 0.493 e. The highest BCUT2D eigenvalue weighted by Crippen LogP contribution is 2.19. The zero-order valence-corrected chi connectivity index (χ0v) is 14.0. The van der Waals surface area contributed by atoms with E-state index in [0.29, 0.717) is 19.6 Å². The van der Waals surface area contributed by atoms with Crippen molar-refractivity contribution in [1.29, 1.82) is 0 Å². The van der Waals surface area contributed by atoms with Crippen LogP contribution in [0.3, 0.4) is 0 Å². The quantitative estimate of drug-likeness (QED) is 0.689. The van der Waals surface area contributed by atoms with Gasteiger partial charge in [0.25, 0.3) is 0 Å². The number of carbonyl (C=O) groups excluding carboxylic acids is 1. The maximum atomic E-state index is 11.5. The van der Waals surface area contributed by atoms with Crippen LogP contribution in [0.25, 0.3) is 0 Å². The molecule has 2 N–H and O–H groups in total. The summed E-state index contributed by atoms with van der Waals surface area (Å²) in [6, 6.07) is 6.21. The number of likely N-dealkylation sites (N-methyl/N-ethyl adjacent to an activating group) is 1. The number of unbranched alkanes of at least 4 members (excludes halogenated alkanes) is 1. The summed E-state index contributed by atoms with van der Waals surface area (Å²) in [4.78, 5) is 11.5. The summed E-state index contributed by atoms with van der Waals surface area (Å²) < 4.78 is 5.76. The Bertz CT molecular complexity index is 425. The van der Waals surface area contributed by atoms with E-state index in [0.717, 1.165) is 30.7 Å². The molecule has 0 bridgehead atoms. The first-order chi connectivity index (χ1) is 9.63. The Morgan fingerprint density at radius 1 is 1.19 bits per heavy atom. The van der Waals surface area contributed by atoms with E-state index in [1.54, 1.807) is 0 Å². The van der Waals surface area contributed by atoms with Crippen LogP contribution in [0.2, 0.25) is 0 Å². The first kappa shape index (κ1) is 19.7. The summed E-state index contributed by atoms with van der Waals surface area (Å²) in [6.07, 6.45) is 2.32. The monoisotopic (exact) mass is 314 g/mol. The Labute approximate surface area is 134 Å². The summed E-state index contributed by atoms with van der Waals surface area (Å²) >= 11 is 0. The minimum atomic E-state index is 0. The second kappa shape index (κ2) is 11.4. The molecule has 1 aromatic carbocycles. The number of hydrogen-bond donors (Lipinski definition) is 2. The van der Waals surface area contributed by atoms with Crippen LogP contribution in [-0.4, -0.2) is 32.7 Å². The van der Waals surface area contributed by atoms with Crippen molar-refractivity contribution in [2.24, 2.45) is 0 Å². The maximum Gasteiger partial charge on any atom is 0.220 e. The highest BCUT2D eigenvalue weighted by Gasteiger charge is 2.02. The van der Waals surface area contributed by atoms with Gasteiger partial charge in [0.15, 0.2) is 0 Å². The van der Waals surface area contributed by atoms with Gasteiger partial charge in [0, 0.05) is 19.5 Å². The van der Waals surface area contributed by atoms with E-state index in [1.165, 1.54) is 5.56 Å². The molecule has 0 aliphatic heterocycles. The number of rotatable bonds is 9. The Morgan fingerprint density at radius 2 is 1.95 bits per heavy atom. The molecule has 21 heavy (non-hydrogen) atoms. The molecule has 4 nitrogen and oxygen atoms in total. The van der Waals surface area contributed by atoms with Crippen molar-refractivity contribution < 1.29 is 9.53 Å². The van der Waals surface area contributed by atoms with Gasteiger partial charge >= 0.3 is 0 Å². The van der Waals surface area contributed by atoms with Crippen molar-refractivity contribution in [3.8, 4) is 5.75 Å². The van der Waals surface area contributed by atoms with Gasteiger partial charge in [-0.2, -0.15) is 0 Å². The molecule has 1 amide bonds. The van der Waals surface area contributed by atoms with Crippen molar-refractivity contribution in [3.05, 3.63) is 29.3 Å². The van der Waals surface area contributed by atoms with E-state index < -0.39 is 0 Å². The minimum absolute atomic E-state index is 0. The van der Waals surface area contributed by atoms with E-state index >= 15 is 0 Å². The standard InChI is InChI=1S/C16H26N2O2.ClH/c1-13-7-8-14(2)15(12-13)20-11-5-4-6-16(19)18-10-9-17-3;/h7-8,12,17H,4-6,9-11H2,1-3H3,(H,18,19);1H. The first-order valence-corrected chi connectivity index (χ1v) is 7.25. The van der Waals surface area contributed by atoms with Gasteiger partial charge in [-0.1, -0.05) is 12.1 Å². The van der Waals surface area contributed by atoms with Crippen LogP contribution in [0.5, 0.6) is 5.75 Å². The van der Waals surface area contributed by atoms with Crippen LogP contribution in [0.15, 0.2) is 18.2 Å². The highest BCUT2D eigenvalue weighted by atomic mass is 35.5. The number of amides is 1. The zero-order valence-electron chi connectivity index (χ0n) is 13.2. The summed E-state index contributed by atoms with van der Waals surface area (Å²) in [6.45, 7) is 6.26. The fourth-order valence-electron chi connectivity index (χ4n) is 1.85. The molecule has 0 spiro atoms. The Kier molecular flexibility index (Phi) is 10.7. The number of aryl methyl sites for hydroxylation is 2. The number of carbonyl (C=O) groups is 1. The SMILES string of the molecule is CNCCNC(=O)CCCCOc1cc(C)ccc1C.Cl. The van der Waals surface area contributed by atoms with Crippen LogP contribution < -0.4 is 15.4 Å². The maximum absolute atomic E-state index is 11.5. The van der Waals surface area contributed by atoms with Gasteiger partial charge in [0.05, 0.1) is 6.61 Å². The molecule has 120 valence electrons. The molecule has 0 aliphatic carbocycles. The van der Waals surface area contributed by atoms with Crippen molar-refractivity contribution in [3.63, 3.8) is 0 Å². The van der Waals surface area contributed by atoms with E-state index in [9.17, 15) is 4.79 Å². The Hall–Kier alpha value is -1.26. The number of halogens is 1. The fraction of sp³-hybridized carbons (Fsp3) is 0.562. The molecule has 1 rings (SSSR count). The van der Waals surface area contributed by atoms with Gasteiger partial charge in [0.2, 0.25) is 5.91 Å². The molecule has 0 saturated carbocycles. The van der Waals surface area contributed by atoms with Gasteiger partial charge in [-0.15, -0.1) is 12.4 Å². The van der Waals surface area contributed by atoms with E-state index in [4.69, 9.17) is 4.74 Å². The topological polar surface area (TPSA) is 50.4 Å². The number of hydrogen-bond acceptors (Lipinski definition) is 3. The number of benzene rings is 1. The molecule has 0 atom stereocenters. The molecule has 0 aromatic heterocycles. The third-order valence-corrected chi connectivity index (χ3v) is 3.10. The number of ether oxygens (including phenoxy) is 1. The van der Waals surface area contributed by atoms with Crippen LogP contribution in [-0.2, 0) is 4.79 Å². The molecule has 0 unspecified atom stereocenters. The third-order valence-electron chi connectivity index (χ3n) is 3.10. The summed E-state index contributed by atoms with van der Waals surface area (Å²) in [5.74, 6) is 1.07. The summed E-state index contributed by atoms with van der Waals surface area (Å²) in [7, 11) is 1.87. The smallest absolute Gasteiger partial charge is 0.220 e. The Balaban J connectivity index is 0.00000400. The van der Waals surface area contributed by atoms with Crippen molar-refractivity contribution in [2.45, 2.75) is 33.1 Å². The first-order valence-electron chi connectivity index (χ1n) is 7.25. The molecular weight excluding hydrogens is 288 g/mol. The predicted molar refractivity (Wildman–Crippen MR) is 89.4 cm³/mol. The third kappa shape index (κ3) is 8.58. The summed E-state index contributed by atoms with van der Waals surface area (Å²) in [5.41, 5.74) is 2.36. The zero-order chi connectivity index (χ0) is 14.8. The highest BCUT2D eigenvalue weighted by molar-refractivity contribution is 5.85. The lowest BCUT2D eigenvalue weighted by Crippen LogP contribution is -2.30. The molecule has 5 heteroatoms. The molecule has 0 aliphatic rings. The van der Waals surface area contributed by atoms with E-state index in [-0.39, 0.29) is 18.3 Å². The normalized spacial score (nSPS) is 9.86. The van der Waals surface area contributed by atoms with E-state index in [2.05, 4.69) is 35.8 Å². The molecule has 0 saturated heterocycles. The van der Waals surface area contributed by atoms with Crippen molar-refractivity contribution in [1.82, 2.24) is 10.6 Å². The van der Waals surface area contributed by atoms with Gasteiger partial charge in [0.1, 0.15) is 5.75 Å². The molecule has 0 radical (unpaired) electrons. The fourth-order valence-corrected chi connectivity index (χ4v) is 1.85. The molecular formula is C16H27ClN2O2. The Morgan fingerprint density at radius 3 is 2.67 bits per heavy atom. The predicted octanol–water partition coefficient (Wildman–Crippen LogP) is 2.61. The average Bonchev–Trinajstić information content (AvgIpc) is 2.42. The van der Waals surface area contributed by atoms with Gasteiger partial charge < -0.3 is 15.4 Å². The van der Waals surface area contributed by atoms with Crippen LogP contribution in [0.4, 0.5) is 0 Å². The van der Waals surface area contributed by atoms with Crippen LogP contribution in [0.1, 0.15) is 30.4 Å². The molecule has 0 fully saturated rings. The van der Waals surface area contributed by atoms with Gasteiger partial charge in [-0.3, -0.25) is 4.79 Å².